The first kappa shape index (κ1) is 26.0. The lowest BCUT2D eigenvalue weighted by molar-refractivity contribution is 0.0561. The Morgan fingerprint density at radius 2 is 1.76 bits per heavy atom. The quantitative estimate of drug-likeness (QED) is 0.213. The number of aryl methyl sites for hydroxylation is 1. The molecule has 1 saturated heterocycles. The van der Waals surface area contributed by atoms with Gasteiger partial charge in [-0.25, -0.2) is 0 Å². The lowest BCUT2D eigenvalue weighted by Gasteiger charge is -2.45. The third-order valence-electron chi connectivity index (χ3n) is 8.51. The van der Waals surface area contributed by atoms with Gasteiger partial charge in [-0.05, 0) is 100 Å². The normalized spacial score (nSPS) is 16.0. The topological polar surface area (TPSA) is 20.6 Å². The van der Waals surface area contributed by atoms with E-state index in [-0.39, 0.29) is 5.54 Å². The summed E-state index contributed by atoms with van der Waals surface area (Å²) in [5.41, 5.74) is 5.72. The third-order valence-corrected chi connectivity index (χ3v) is 9.58. The Balaban J connectivity index is 1.23. The maximum Gasteiger partial charge on any atom is 0.119 e. The molecule has 2 aromatic carbocycles. The predicted octanol–water partition coefficient (Wildman–Crippen LogP) is 6.94. The highest BCUT2D eigenvalue weighted by atomic mass is 32.1. The molecule has 0 N–H and O–H groups in total. The van der Waals surface area contributed by atoms with E-state index in [1.165, 1.54) is 77.9 Å². The molecule has 196 valence electrons. The Morgan fingerprint density at radius 3 is 2.43 bits per heavy atom. The van der Waals surface area contributed by atoms with Gasteiger partial charge >= 0.3 is 0 Å². The second kappa shape index (κ2) is 11.4. The minimum Gasteiger partial charge on any atom is -0.497 e. The number of aromatic nitrogens is 1. The van der Waals surface area contributed by atoms with Crippen LogP contribution in [0.25, 0.3) is 10.9 Å². The monoisotopic (exact) mass is 515 g/mol. The van der Waals surface area contributed by atoms with E-state index in [2.05, 4.69) is 101 Å². The molecule has 0 spiro atoms. The highest BCUT2D eigenvalue weighted by Crippen LogP contribution is 2.39. The maximum absolute atomic E-state index is 5.59. The summed E-state index contributed by atoms with van der Waals surface area (Å²) in [7, 11) is 6.26. The zero-order valence-electron chi connectivity index (χ0n) is 22.9. The Bertz CT molecular complexity index is 1280. The van der Waals surface area contributed by atoms with E-state index in [0.717, 1.165) is 18.7 Å². The zero-order chi connectivity index (χ0) is 25.8. The van der Waals surface area contributed by atoms with Gasteiger partial charge < -0.3 is 14.2 Å². The van der Waals surface area contributed by atoms with Crippen LogP contribution in [0.2, 0.25) is 0 Å². The van der Waals surface area contributed by atoms with Gasteiger partial charge in [-0.15, -0.1) is 11.3 Å². The lowest BCUT2D eigenvalue weighted by atomic mass is 9.84. The summed E-state index contributed by atoms with van der Waals surface area (Å²) in [4.78, 5) is 6.66. The number of nitrogens with zero attached hydrogens (tertiary/aromatic N) is 3. The summed E-state index contributed by atoms with van der Waals surface area (Å²) < 4.78 is 8.07. The molecule has 0 saturated carbocycles. The van der Waals surface area contributed by atoms with Crippen molar-refractivity contribution in [3.63, 3.8) is 0 Å². The van der Waals surface area contributed by atoms with Gasteiger partial charge in [0.2, 0.25) is 0 Å². The fourth-order valence-electron chi connectivity index (χ4n) is 6.18. The van der Waals surface area contributed by atoms with E-state index in [4.69, 9.17) is 4.74 Å². The minimum atomic E-state index is 0.210. The molecule has 2 aromatic heterocycles. The SMILES string of the molecule is COc1ccc2c(c1)c(CCCCN1CCC(c3cccs3)(N(C)C)CC1)c(C)n2Cc1ccccc1. The van der Waals surface area contributed by atoms with Crippen LogP contribution >= 0.6 is 11.3 Å². The molecule has 5 rings (SSSR count). The molecule has 3 heterocycles. The van der Waals surface area contributed by atoms with Gasteiger partial charge in [-0.3, -0.25) is 4.90 Å². The molecule has 0 unspecified atom stereocenters. The van der Waals surface area contributed by atoms with Crippen molar-refractivity contribution < 1.29 is 4.74 Å². The van der Waals surface area contributed by atoms with Crippen molar-refractivity contribution in [2.24, 2.45) is 0 Å². The van der Waals surface area contributed by atoms with Gasteiger partial charge in [-0.1, -0.05) is 36.4 Å². The Hall–Kier alpha value is -2.60. The van der Waals surface area contributed by atoms with Crippen LogP contribution in [0.15, 0.2) is 66.0 Å². The second-order valence-electron chi connectivity index (χ2n) is 10.7. The molecule has 1 fully saturated rings. The van der Waals surface area contributed by atoms with E-state index in [9.17, 15) is 0 Å². The maximum atomic E-state index is 5.59. The van der Waals surface area contributed by atoms with Crippen LogP contribution < -0.4 is 4.74 Å². The van der Waals surface area contributed by atoms with Crippen LogP contribution in [-0.2, 0) is 18.5 Å². The van der Waals surface area contributed by atoms with Gasteiger partial charge in [-0.2, -0.15) is 0 Å². The summed E-state index contributed by atoms with van der Waals surface area (Å²) >= 11 is 1.91. The van der Waals surface area contributed by atoms with E-state index in [0.29, 0.717) is 0 Å². The van der Waals surface area contributed by atoms with E-state index in [1.807, 2.05) is 11.3 Å². The van der Waals surface area contributed by atoms with Gasteiger partial charge in [0.25, 0.3) is 0 Å². The average molecular weight is 516 g/mol. The molecule has 4 aromatic rings. The van der Waals surface area contributed by atoms with Crippen molar-refractivity contribution in [1.29, 1.82) is 0 Å². The number of thiophene rings is 1. The molecule has 0 bridgehead atoms. The highest BCUT2D eigenvalue weighted by molar-refractivity contribution is 7.10. The van der Waals surface area contributed by atoms with Crippen molar-refractivity contribution in [1.82, 2.24) is 14.4 Å². The van der Waals surface area contributed by atoms with Crippen molar-refractivity contribution in [3.05, 3.63) is 87.7 Å². The first-order chi connectivity index (χ1) is 18.0. The molecule has 1 aliphatic rings. The van der Waals surface area contributed by atoms with Gasteiger partial charge in [0.1, 0.15) is 5.75 Å². The number of fused-ring (bicyclic) bond motifs is 1. The zero-order valence-corrected chi connectivity index (χ0v) is 23.7. The summed E-state index contributed by atoms with van der Waals surface area (Å²) in [6.07, 6.45) is 5.99. The molecule has 0 radical (unpaired) electrons. The summed E-state index contributed by atoms with van der Waals surface area (Å²) in [5.74, 6) is 0.939. The smallest absolute Gasteiger partial charge is 0.119 e. The van der Waals surface area contributed by atoms with E-state index < -0.39 is 0 Å². The van der Waals surface area contributed by atoms with Crippen LogP contribution in [0.3, 0.4) is 0 Å². The molecule has 5 heteroatoms. The number of hydrogen-bond acceptors (Lipinski definition) is 4. The van der Waals surface area contributed by atoms with Crippen molar-refractivity contribution >= 4 is 22.2 Å². The second-order valence-corrected chi connectivity index (χ2v) is 11.7. The average Bonchev–Trinajstić information content (AvgIpc) is 3.55. The largest absolute Gasteiger partial charge is 0.497 e. The minimum absolute atomic E-state index is 0.210. The number of likely N-dealkylation sites (tertiary alicyclic amines) is 1. The van der Waals surface area contributed by atoms with Crippen LogP contribution in [0.1, 0.15) is 47.4 Å². The fourth-order valence-corrected chi connectivity index (χ4v) is 7.25. The molecule has 4 nitrogen and oxygen atoms in total. The summed E-state index contributed by atoms with van der Waals surface area (Å²) in [5, 5.41) is 3.57. The Labute approximate surface area is 226 Å². The predicted molar refractivity (Wildman–Crippen MR) is 157 cm³/mol. The van der Waals surface area contributed by atoms with Crippen molar-refractivity contribution in [3.8, 4) is 5.75 Å². The van der Waals surface area contributed by atoms with Crippen LogP contribution in [0.5, 0.6) is 5.75 Å². The lowest BCUT2D eigenvalue weighted by Crippen LogP contribution is -2.50. The standard InChI is InChI=1S/C32H41N3OS/c1-25-28(29-23-27(36-4)15-16-30(29)35(25)24-26-11-6-5-7-12-26)13-8-9-19-34-20-17-32(18-21-34,33(2)3)31-14-10-22-37-31/h5-7,10-12,14-16,22-23H,8-9,13,17-21,24H2,1-4H3. The number of benzene rings is 2. The van der Waals surface area contributed by atoms with Gasteiger partial charge in [0.15, 0.2) is 0 Å². The molecular weight excluding hydrogens is 474 g/mol. The molecular formula is C32H41N3OS. The molecule has 0 atom stereocenters. The molecule has 37 heavy (non-hydrogen) atoms. The molecule has 0 amide bonds. The van der Waals surface area contributed by atoms with Crippen LogP contribution in [0.4, 0.5) is 0 Å². The third kappa shape index (κ3) is 5.36. The Morgan fingerprint density at radius 1 is 0.973 bits per heavy atom. The number of methoxy groups -OCH3 is 1. The van der Waals surface area contributed by atoms with Crippen LogP contribution in [-0.4, -0.2) is 55.2 Å². The number of ether oxygens (including phenoxy) is 1. The van der Waals surface area contributed by atoms with Crippen molar-refractivity contribution in [2.45, 2.75) is 51.1 Å². The highest BCUT2D eigenvalue weighted by Gasteiger charge is 2.38. The van der Waals surface area contributed by atoms with Crippen molar-refractivity contribution in [2.75, 3.05) is 40.8 Å². The fraction of sp³-hybridized carbons (Fsp3) is 0.438. The Kier molecular flexibility index (Phi) is 8.04. The first-order valence-electron chi connectivity index (χ1n) is 13.7. The first-order valence-corrected chi connectivity index (χ1v) is 14.5. The van der Waals surface area contributed by atoms with Gasteiger partial charge in [0.05, 0.1) is 12.6 Å². The number of rotatable bonds is 10. The number of unbranched alkanes of at least 4 members (excludes halogenated alkanes) is 1. The molecule has 0 aliphatic carbocycles. The summed E-state index contributed by atoms with van der Waals surface area (Å²) in [6.45, 7) is 6.76. The summed E-state index contributed by atoms with van der Waals surface area (Å²) in [6, 6.07) is 21.9. The van der Waals surface area contributed by atoms with E-state index >= 15 is 0 Å². The number of hydrogen-bond donors (Lipinski definition) is 0. The molecule has 1 aliphatic heterocycles. The van der Waals surface area contributed by atoms with Crippen LogP contribution in [0, 0.1) is 6.92 Å². The van der Waals surface area contributed by atoms with E-state index in [1.54, 1.807) is 7.11 Å². The van der Waals surface area contributed by atoms with Gasteiger partial charge in [0, 0.05) is 41.1 Å². The number of piperidine rings is 1.